The SMILES string of the molecule is CCCN1CCOC(C(=O)c2ccccc2Cl)C1. The van der Waals surface area contributed by atoms with Gasteiger partial charge < -0.3 is 4.74 Å². The zero-order chi connectivity index (χ0) is 13.0. The van der Waals surface area contributed by atoms with Crippen LogP contribution in [-0.4, -0.2) is 43.0 Å². The van der Waals surface area contributed by atoms with Crippen LogP contribution in [0.5, 0.6) is 0 Å². The minimum Gasteiger partial charge on any atom is -0.367 e. The van der Waals surface area contributed by atoms with Crippen LogP contribution in [0.4, 0.5) is 0 Å². The molecule has 1 aromatic carbocycles. The maximum absolute atomic E-state index is 12.3. The van der Waals surface area contributed by atoms with Gasteiger partial charge in [0.15, 0.2) is 5.78 Å². The number of hydrogen-bond donors (Lipinski definition) is 0. The lowest BCUT2D eigenvalue weighted by Gasteiger charge is -2.31. The summed E-state index contributed by atoms with van der Waals surface area (Å²) in [6, 6.07) is 7.14. The van der Waals surface area contributed by atoms with Gasteiger partial charge in [0.2, 0.25) is 0 Å². The first-order chi connectivity index (χ1) is 8.72. The Labute approximate surface area is 113 Å². The summed E-state index contributed by atoms with van der Waals surface area (Å²) in [4.78, 5) is 14.6. The standard InChI is InChI=1S/C14H18ClNO2/c1-2-7-16-8-9-18-13(10-16)14(17)11-5-3-4-6-12(11)15/h3-6,13H,2,7-10H2,1H3. The Balaban J connectivity index is 2.07. The van der Waals surface area contributed by atoms with Crippen molar-refractivity contribution in [2.24, 2.45) is 0 Å². The van der Waals surface area contributed by atoms with Crippen LogP contribution >= 0.6 is 11.6 Å². The maximum Gasteiger partial charge on any atom is 0.194 e. The van der Waals surface area contributed by atoms with E-state index in [2.05, 4.69) is 11.8 Å². The van der Waals surface area contributed by atoms with Crippen LogP contribution in [0, 0.1) is 0 Å². The molecule has 0 aliphatic carbocycles. The summed E-state index contributed by atoms with van der Waals surface area (Å²) in [5, 5.41) is 0.499. The van der Waals surface area contributed by atoms with Crippen LogP contribution in [0.1, 0.15) is 23.7 Å². The molecule has 0 aromatic heterocycles. The number of nitrogens with zero attached hydrogens (tertiary/aromatic N) is 1. The first-order valence-corrected chi connectivity index (χ1v) is 6.73. The van der Waals surface area contributed by atoms with Crippen LogP contribution in [0.25, 0.3) is 0 Å². The molecule has 1 saturated heterocycles. The number of carbonyl (C=O) groups excluding carboxylic acids is 1. The first kappa shape index (κ1) is 13.5. The zero-order valence-corrected chi connectivity index (χ0v) is 11.3. The summed E-state index contributed by atoms with van der Waals surface area (Å²) >= 11 is 6.05. The molecule has 1 aliphatic heterocycles. The molecule has 0 saturated carbocycles. The predicted molar refractivity (Wildman–Crippen MR) is 72.3 cm³/mol. The van der Waals surface area contributed by atoms with E-state index < -0.39 is 0 Å². The fraction of sp³-hybridized carbons (Fsp3) is 0.500. The van der Waals surface area contributed by atoms with Gasteiger partial charge in [-0.05, 0) is 25.1 Å². The number of Topliss-reactive ketones (excluding diaryl/α,β-unsaturated/α-hetero) is 1. The van der Waals surface area contributed by atoms with Crippen molar-refractivity contribution in [2.75, 3.05) is 26.2 Å². The van der Waals surface area contributed by atoms with Gasteiger partial charge in [-0.1, -0.05) is 30.7 Å². The van der Waals surface area contributed by atoms with E-state index in [0.717, 1.165) is 19.5 Å². The average Bonchev–Trinajstić information content (AvgIpc) is 2.39. The number of hydrogen-bond acceptors (Lipinski definition) is 3. The van der Waals surface area contributed by atoms with E-state index in [9.17, 15) is 4.79 Å². The number of rotatable bonds is 4. The molecule has 1 aromatic rings. The van der Waals surface area contributed by atoms with E-state index >= 15 is 0 Å². The van der Waals surface area contributed by atoms with E-state index in [1.54, 1.807) is 12.1 Å². The molecular weight excluding hydrogens is 250 g/mol. The third-order valence-electron chi connectivity index (χ3n) is 3.12. The van der Waals surface area contributed by atoms with E-state index in [-0.39, 0.29) is 11.9 Å². The summed E-state index contributed by atoms with van der Waals surface area (Å²) in [5.74, 6) is -0.0126. The first-order valence-electron chi connectivity index (χ1n) is 6.35. The molecule has 4 heteroatoms. The number of halogens is 1. The predicted octanol–water partition coefficient (Wildman–Crippen LogP) is 2.63. The van der Waals surface area contributed by atoms with Crippen LogP contribution in [0.2, 0.25) is 5.02 Å². The minimum atomic E-state index is -0.384. The summed E-state index contributed by atoms with van der Waals surface area (Å²) in [6.45, 7) is 5.33. The Kier molecular flexibility index (Phi) is 4.75. The number of ether oxygens (including phenoxy) is 1. The molecule has 1 aliphatic rings. The van der Waals surface area contributed by atoms with Gasteiger partial charge in [0.25, 0.3) is 0 Å². The molecule has 2 rings (SSSR count). The van der Waals surface area contributed by atoms with Gasteiger partial charge in [-0.3, -0.25) is 9.69 Å². The van der Waals surface area contributed by atoms with Crippen LogP contribution in [-0.2, 0) is 4.74 Å². The summed E-state index contributed by atoms with van der Waals surface area (Å²) in [5.41, 5.74) is 0.558. The Morgan fingerprint density at radius 3 is 3.00 bits per heavy atom. The fourth-order valence-corrected chi connectivity index (χ4v) is 2.44. The van der Waals surface area contributed by atoms with Crippen LogP contribution in [0.3, 0.4) is 0 Å². The highest BCUT2D eigenvalue weighted by Gasteiger charge is 2.27. The maximum atomic E-state index is 12.3. The van der Waals surface area contributed by atoms with E-state index in [1.807, 2.05) is 12.1 Å². The molecular formula is C14H18ClNO2. The Hall–Kier alpha value is -0.900. The lowest BCUT2D eigenvalue weighted by molar-refractivity contribution is -0.0163. The molecule has 0 N–H and O–H groups in total. The average molecular weight is 268 g/mol. The van der Waals surface area contributed by atoms with Crippen molar-refractivity contribution in [3.8, 4) is 0 Å². The smallest absolute Gasteiger partial charge is 0.194 e. The number of benzene rings is 1. The van der Waals surface area contributed by atoms with E-state index in [4.69, 9.17) is 16.3 Å². The van der Waals surface area contributed by atoms with E-state index in [0.29, 0.717) is 23.7 Å². The van der Waals surface area contributed by atoms with Crippen molar-refractivity contribution in [1.29, 1.82) is 0 Å². The van der Waals surface area contributed by atoms with Crippen molar-refractivity contribution >= 4 is 17.4 Å². The van der Waals surface area contributed by atoms with Gasteiger partial charge in [-0.25, -0.2) is 0 Å². The van der Waals surface area contributed by atoms with Gasteiger partial charge in [-0.2, -0.15) is 0 Å². The van der Waals surface area contributed by atoms with Gasteiger partial charge in [0.1, 0.15) is 6.10 Å². The monoisotopic (exact) mass is 267 g/mol. The van der Waals surface area contributed by atoms with Crippen molar-refractivity contribution in [3.05, 3.63) is 34.9 Å². The molecule has 1 fully saturated rings. The van der Waals surface area contributed by atoms with Gasteiger partial charge >= 0.3 is 0 Å². The Morgan fingerprint density at radius 1 is 1.50 bits per heavy atom. The molecule has 1 unspecified atom stereocenters. The number of carbonyl (C=O) groups is 1. The van der Waals surface area contributed by atoms with Crippen LogP contribution < -0.4 is 0 Å². The summed E-state index contributed by atoms with van der Waals surface area (Å²) < 4.78 is 5.58. The molecule has 3 nitrogen and oxygen atoms in total. The number of ketones is 1. The molecule has 18 heavy (non-hydrogen) atoms. The van der Waals surface area contributed by atoms with Gasteiger partial charge in [-0.15, -0.1) is 0 Å². The molecule has 0 radical (unpaired) electrons. The molecule has 0 amide bonds. The van der Waals surface area contributed by atoms with Gasteiger partial charge in [0.05, 0.1) is 11.6 Å². The minimum absolute atomic E-state index is 0.0126. The third-order valence-corrected chi connectivity index (χ3v) is 3.45. The van der Waals surface area contributed by atoms with Crippen molar-refractivity contribution in [2.45, 2.75) is 19.4 Å². The summed E-state index contributed by atoms with van der Waals surface area (Å²) in [7, 11) is 0. The van der Waals surface area contributed by atoms with Crippen molar-refractivity contribution < 1.29 is 9.53 Å². The highest BCUT2D eigenvalue weighted by Crippen LogP contribution is 2.19. The molecule has 1 heterocycles. The Bertz CT molecular complexity index is 420. The second-order valence-electron chi connectivity index (χ2n) is 4.50. The second-order valence-corrected chi connectivity index (χ2v) is 4.91. The molecule has 0 spiro atoms. The highest BCUT2D eigenvalue weighted by molar-refractivity contribution is 6.34. The lowest BCUT2D eigenvalue weighted by Crippen LogP contribution is -2.46. The highest BCUT2D eigenvalue weighted by atomic mass is 35.5. The fourth-order valence-electron chi connectivity index (χ4n) is 2.21. The topological polar surface area (TPSA) is 29.5 Å². The third kappa shape index (κ3) is 3.10. The molecule has 0 bridgehead atoms. The van der Waals surface area contributed by atoms with Crippen molar-refractivity contribution in [1.82, 2.24) is 4.90 Å². The van der Waals surface area contributed by atoms with Crippen LogP contribution in [0.15, 0.2) is 24.3 Å². The molecule has 1 atom stereocenters. The zero-order valence-electron chi connectivity index (χ0n) is 10.6. The second kappa shape index (κ2) is 6.32. The number of morpholine rings is 1. The largest absolute Gasteiger partial charge is 0.367 e. The quantitative estimate of drug-likeness (QED) is 0.786. The normalized spacial score (nSPS) is 20.9. The molecule has 98 valence electrons. The van der Waals surface area contributed by atoms with Crippen molar-refractivity contribution in [3.63, 3.8) is 0 Å². The lowest BCUT2D eigenvalue weighted by atomic mass is 10.0. The van der Waals surface area contributed by atoms with E-state index in [1.165, 1.54) is 0 Å². The Morgan fingerprint density at radius 2 is 2.28 bits per heavy atom. The summed E-state index contributed by atoms with van der Waals surface area (Å²) in [6.07, 6.45) is 0.706. The van der Waals surface area contributed by atoms with Gasteiger partial charge in [0, 0.05) is 18.7 Å².